The number of aryl methyl sites for hydroxylation is 2. The molecular weight excluding hydrogens is 264 g/mol. The number of cyclic esters (lactones) is 1. The molecule has 2 rings (SSSR count). The molecule has 0 unspecified atom stereocenters. The molecule has 2 heterocycles. The largest absolute Gasteiger partial charge is 0.467 e. The van der Waals surface area contributed by atoms with Gasteiger partial charge in [0.2, 0.25) is 5.91 Å². The van der Waals surface area contributed by atoms with Gasteiger partial charge in [-0.1, -0.05) is 0 Å². The third kappa shape index (κ3) is 2.95. The lowest BCUT2D eigenvalue weighted by atomic mass is 10.3. The number of carbonyl (C=O) groups is 2. The SMILES string of the molecule is COc1nc(C)c(NC(=O)CN2CCOC2=O)c(C)n1. The van der Waals surface area contributed by atoms with E-state index in [0.717, 1.165) is 0 Å². The number of hydrogen-bond donors (Lipinski definition) is 1. The molecule has 8 nitrogen and oxygen atoms in total. The predicted molar refractivity (Wildman–Crippen MR) is 69.6 cm³/mol. The van der Waals surface area contributed by atoms with Crippen molar-refractivity contribution < 1.29 is 19.1 Å². The van der Waals surface area contributed by atoms with Gasteiger partial charge in [0.15, 0.2) is 0 Å². The Morgan fingerprint density at radius 3 is 2.55 bits per heavy atom. The first-order valence-electron chi connectivity index (χ1n) is 6.12. The number of nitrogens with zero attached hydrogens (tertiary/aromatic N) is 3. The molecule has 0 spiro atoms. The van der Waals surface area contributed by atoms with Crippen LogP contribution in [0.5, 0.6) is 6.01 Å². The van der Waals surface area contributed by atoms with E-state index in [1.807, 2.05) is 0 Å². The first-order chi connectivity index (χ1) is 9.51. The van der Waals surface area contributed by atoms with E-state index < -0.39 is 6.09 Å². The first kappa shape index (κ1) is 14.0. The zero-order valence-corrected chi connectivity index (χ0v) is 11.6. The van der Waals surface area contributed by atoms with Crippen LogP contribution >= 0.6 is 0 Å². The van der Waals surface area contributed by atoms with Gasteiger partial charge in [-0.15, -0.1) is 0 Å². The fraction of sp³-hybridized carbons (Fsp3) is 0.500. The summed E-state index contributed by atoms with van der Waals surface area (Å²) >= 11 is 0. The van der Waals surface area contributed by atoms with Gasteiger partial charge >= 0.3 is 12.1 Å². The number of hydrogen-bond acceptors (Lipinski definition) is 6. The van der Waals surface area contributed by atoms with Crippen molar-refractivity contribution in [2.75, 3.05) is 32.1 Å². The Hall–Kier alpha value is -2.38. The highest BCUT2D eigenvalue weighted by Crippen LogP contribution is 2.19. The summed E-state index contributed by atoms with van der Waals surface area (Å²) in [4.78, 5) is 32.7. The van der Waals surface area contributed by atoms with Crippen molar-refractivity contribution in [3.63, 3.8) is 0 Å². The van der Waals surface area contributed by atoms with Gasteiger partial charge in [0.25, 0.3) is 0 Å². The van der Waals surface area contributed by atoms with E-state index in [9.17, 15) is 9.59 Å². The normalized spacial score (nSPS) is 14.2. The van der Waals surface area contributed by atoms with Gasteiger partial charge in [-0.3, -0.25) is 9.69 Å². The molecule has 108 valence electrons. The lowest BCUT2D eigenvalue weighted by Gasteiger charge is -2.14. The minimum absolute atomic E-state index is 0.0518. The van der Waals surface area contributed by atoms with Gasteiger partial charge in [-0.05, 0) is 13.8 Å². The molecule has 0 bridgehead atoms. The smallest absolute Gasteiger partial charge is 0.410 e. The van der Waals surface area contributed by atoms with Gasteiger partial charge in [0.1, 0.15) is 13.2 Å². The van der Waals surface area contributed by atoms with Crippen LogP contribution in [0.1, 0.15) is 11.4 Å². The predicted octanol–water partition coefficient (Wildman–Crippen LogP) is 0.493. The minimum Gasteiger partial charge on any atom is -0.467 e. The highest BCUT2D eigenvalue weighted by molar-refractivity contribution is 5.94. The summed E-state index contributed by atoms with van der Waals surface area (Å²) in [5, 5.41) is 2.71. The van der Waals surface area contributed by atoms with Crippen LogP contribution in [-0.2, 0) is 9.53 Å². The molecule has 1 N–H and O–H groups in total. The number of nitrogens with one attached hydrogen (secondary N) is 1. The number of ether oxygens (including phenoxy) is 2. The zero-order chi connectivity index (χ0) is 14.7. The molecule has 8 heteroatoms. The first-order valence-corrected chi connectivity index (χ1v) is 6.12. The van der Waals surface area contributed by atoms with Crippen molar-refractivity contribution in [3.8, 4) is 6.01 Å². The van der Waals surface area contributed by atoms with Gasteiger partial charge in [0, 0.05) is 0 Å². The van der Waals surface area contributed by atoms with E-state index in [-0.39, 0.29) is 18.5 Å². The molecule has 0 saturated carbocycles. The molecular formula is C12H16N4O4. The molecule has 2 amide bonds. The molecule has 1 aromatic rings. The molecule has 20 heavy (non-hydrogen) atoms. The van der Waals surface area contributed by atoms with Gasteiger partial charge < -0.3 is 14.8 Å². The summed E-state index contributed by atoms with van der Waals surface area (Å²) in [6, 6.07) is 0.251. The van der Waals surface area contributed by atoms with Crippen LogP contribution in [0.15, 0.2) is 0 Å². The van der Waals surface area contributed by atoms with E-state index in [0.29, 0.717) is 30.2 Å². The van der Waals surface area contributed by atoms with E-state index in [4.69, 9.17) is 9.47 Å². The molecule has 1 saturated heterocycles. The summed E-state index contributed by atoms with van der Waals surface area (Å²) in [6.45, 7) is 4.18. The standard InChI is InChI=1S/C12H16N4O4/c1-7-10(8(2)14-11(13-7)19-3)15-9(17)6-16-4-5-20-12(16)18/h4-6H2,1-3H3,(H,15,17). The van der Waals surface area contributed by atoms with Crippen LogP contribution in [0.25, 0.3) is 0 Å². The van der Waals surface area contributed by atoms with Crippen LogP contribution in [-0.4, -0.2) is 53.7 Å². The monoisotopic (exact) mass is 280 g/mol. The molecule has 1 aliphatic rings. The second-order valence-corrected chi connectivity index (χ2v) is 4.34. The van der Waals surface area contributed by atoms with Crippen LogP contribution in [0, 0.1) is 13.8 Å². The van der Waals surface area contributed by atoms with Crippen molar-refractivity contribution in [2.24, 2.45) is 0 Å². The van der Waals surface area contributed by atoms with Crippen LogP contribution in [0.4, 0.5) is 10.5 Å². The number of anilines is 1. The number of rotatable bonds is 4. The highest BCUT2D eigenvalue weighted by Gasteiger charge is 2.24. The maximum Gasteiger partial charge on any atom is 0.410 e. The number of aromatic nitrogens is 2. The summed E-state index contributed by atoms with van der Waals surface area (Å²) in [7, 11) is 1.48. The average molecular weight is 280 g/mol. The third-order valence-corrected chi connectivity index (χ3v) is 2.88. The summed E-state index contributed by atoms with van der Waals surface area (Å²) in [6.07, 6.45) is -0.473. The Bertz CT molecular complexity index is 523. The van der Waals surface area contributed by atoms with Crippen LogP contribution in [0.2, 0.25) is 0 Å². The van der Waals surface area contributed by atoms with E-state index in [1.165, 1.54) is 12.0 Å². The fourth-order valence-corrected chi connectivity index (χ4v) is 1.88. The van der Waals surface area contributed by atoms with Crippen molar-refractivity contribution in [3.05, 3.63) is 11.4 Å². The topological polar surface area (TPSA) is 93.6 Å². The maximum atomic E-state index is 11.9. The Morgan fingerprint density at radius 2 is 2.05 bits per heavy atom. The Balaban J connectivity index is 2.06. The maximum absolute atomic E-state index is 11.9. The minimum atomic E-state index is -0.473. The van der Waals surface area contributed by atoms with Crippen LogP contribution < -0.4 is 10.1 Å². The van der Waals surface area contributed by atoms with E-state index >= 15 is 0 Å². The second kappa shape index (κ2) is 5.72. The Kier molecular flexibility index (Phi) is 4.02. The highest BCUT2D eigenvalue weighted by atomic mass is 16.6. The number of methoxy groups -OCH3 is 1. The molecule has 0 atom stereocenters. The fourth-order valence-electron chi connectivity index (χ4n) is 1.88. The molecule has 0 aromatic carbocycles. The van der Waals surface area contributed by atoms with Gasteiger partial charge in [0.05, 0.1) is 30.7 Å². The molecule has 1 aliphatic heterocycles. The van der Waals surface area contributed by atoms with E-state index in [1.54, 1.807) is 13.8 Å². The Morgan fingerprint density at radius 1 is 1.40 bits per heavy atom. The second-order valence-electron chi connectivity index (χ2n) is 4.34. The quantitative estimate of drug-likeness (QED) is 0.862. The molecule has 1 fully saturated rings. The van der Waals surface area contributed by atoms with Crippen molar-refractivity contribution in [1.82, 2.24) is 14.9 Å². The number of amides is 2. The van der Waals surface area contributed by atoms with Crippen molar-refractivity contribution >= 4 is 17.7 Å². The zero-order valence-electron chi connectivity index (χ0n) is 11.6. The Labute approximate surface area is 116 Å². The molecule has 0 aliphatic carbocycles. The summed E-state index contributed by atoms with van der Waals surface area (Å²) < 4.78 is 9.71. The third-order valence-electron chi connectivity index (χ3n) is 2.88. The average Bonchev–Trinajstić information content (AvgIpc) is 2.79. The van der Waals surface area contributed by atoms with E-state index in [2.05, 4.69) is 15.3 Å². The summed E-state index contributed by atoms with van der Waals surface area (Å²) in [5.74, 6) is -0.316. The number of carbonyl (C=O) groups excluding carboxylic acids is 2. The lowest BCUT2D eigenvalue weighted by molar-refractivity contribution is -0.116. The van der Waals surface area contributed by atoms with Gasteiger partial charge in [-0.25, -0.2) is 4.79 Å². The van der Waals surface area contributed by atoms with Gasteiger partial charge in [-0.2, -0.15) is 9.97 Å². The molecule has 1 aromatic heterocycles. The van der Waals surface area contributed by atoms with Crippen molar-refractivity contribution in [2.45, 2.75) is 13.8 Å². The lowest BCUT2D eigenvalue weighted by Crippen LogP contribution is -2.34. The van der Waals surface area contributed by atoms with Crippen LogP contribution in [0.3, 0.4) is 0 Å². The summed E-state index contributed by atoms with van der Waals surface area (Å²) in [5.41, 5.74) is 1.74. The van der Waals surface area contributed by atoms with Crippen molar-refractivity contribution in [1.29, 1.82) is 0 Å². The molecule has 0 radical (unpaired) electrons.